The maximum atomic E-state index is 7.84. The number of hydrogen-bond acceptors (Lipinski definition) is 4. The van der Waals surface area contributed by atoms with Gasteiger partial charge in [0.15, 0.2) is 0 Å². The smallest absolute Gasteiger partial charge is 0.261 e. The second-order valence-electron chi connectivity index (χ2n) is 30.3. The maximum absolute atomic E-state index is 7.84. The van der Waals surface area contributed by atoms with Gasteiger partial charge in [0.2, 0.25) is 0 Å². The highest BCUT2D eigenvalue weighted by Crippen LogP contribution is 2.54. The van der Waals surface area contributed by atoms with Gasteiger partial charge in [0, 0.05) is 66.4 Å². The molecule has 494 valence electrons. The molecular formula is C98H72BN3O2. The third kappa shape index (κ3) is 9.76. The van der Waals surface area contributed by atoms with E-state index in [4.69, 9.17) is 8.83 Å². The van der Waals surface area contributed by atoms with E-state index in [1.54, 1.807) is 0 Å². The van der Waals surface area contributed by atoms with E-state index < -0.39 is 6.71 Å². The molecule has 2 aliphatic rings. The molecule has 5 nitrogen and oxygen atoms in total. The second kappa shape index (κ2) is 23.5. The Balaban J connectivity index is 1.01. The standard InChI is InChI=1S/C98H72BN3O2/c1-97(2,3)71-47-43-65(44-48-71)80-59-86-93(95-90(80)78-37-21-25-41-88(78)103-95)99-92-84(101(86)73-53-67(61-27-11-7-12-28-61)51-68(54-73)62-29-13-8-14-30-62)57-75(100-82-39-23-19-35-76(82)77-36-20-24-40-83(77)100)58-85(92)102(74-55-69(63-31-15-9-16-32-63)52-70(56-74)64-33-17-10-18-34-64)87-60-81(66-45-49-72(50-46-66)98(4,5)6)91-79-38-22-26-42-89(79)104-96(91)94(87)99/h7-60H,1-6H3. The molecule has 15 aromatic carbocycles. The van der Waals surface area contributed by atoms with E-state index in [0.717, 1.165) is 178 Å². The summed E-state index contributed by atoms with van der Waals surface area (Å²) in [7, 11) is 0. The highest BCUT2D eigenvalue weighted by atomic mass is 16.3. The van der Waals surface area contributed by atoms with E-state index in [2.05, 4.69) is 383 Å². The number of para-hydroxylation sites is 4. The van der Waals surface area contributed by atoms with Gasteiger partial charge >= 0.3 is 0 Å². The number of aromatic nitrogens is 1. The van der Waals surface area contributed by atoms with Crippen molar-refractivity contribution in [1.29, 1.82) is 0 Å². The van der Waals surface area contributed by atoms with Crippen molar-refractivity contribution >= 4 is 123 Å². The first-order chi connectivity index (χ1) is 50.8. The van der Waals surface area contributed by atoms with Crippen LogP contribution in [0.25, 0.3) is 138 Å². The van der Waals surface area contributed by atoms with Gasteiger partial charge in [-0.25, -0.2) is 0 Å². The molecule has 0 fully saturated rings. The molecule has 104 heavy (non-hydrogen) atoms. The SMILES string of the molecule is CC(C)(C)c1ccc(-c2cc3c(c4oc5ccccc5c24)B2c4c(cc(-n5c6ccccc6c6ccccc65)cc4N(c4cc(-c5ccccc5)cc(-c5ccccc5)c4)c4cc(-c5ccc(C(C)(C)C)cc5)c5c(oc6ccccc65)c42)N3c2cc(-c3ccccc3)cc(-c3ccccc3)c2)cc1. The summed E-state index contributed by atoms with van der Waals surface area (Å²) in [6.07, 6.45) is 0. The largest absolute Gasteiger partial charge is 0.456 e. The van der Waals surface area contributed by atoms with Crippen molar-refractivity contribution in [3.8, 4) is 72.4 Å². The van der Waals surface area contributed by atoms with Crippen LogP contribution in [0.2, 0.25) is 0 Å². The first-order valence-corrected chi connectivity index (χ1v) is 36.3. The summed E-state index contributed by atoms with van der Waals surface area (Å²) in [5.41, 5.74) is 31.7. The van der Waals surface area contributed by atoms with Gasteiger partial charge in [0.05, 0.1) is 16.7 Å². The minimum Gasteiger partial charge on any atom is -0.456 e. The van der Waals surface area contributed by atoms with Gasteiger partial charge in [0.25, 0.3) is 6.71 Å². The Morgan fingerprint density at radius 1 is 0.260 bits per heavy atom. The maximum Gasteiger partial charge on any atom is 0.261 e. The number of anilines is 6. The van der Waals surface area contributed by atoms with Crippen molar-refractivity contribution in [3.05, 3.63) is 339 Å². The first kappa shape index (κ1) is 61.3. The summed E-state index contributed by atoms with van der Waals surface area (Å²) in [6.45, 7) is 13.3. The number of benzene rings is 15. The van der Waals surface area contributed by atoms with Crippen LogP contribution in [-0.4, -0.2) is 11.3 Å². The van der Waals surface area contributed by atoms with Crippen LogP contribution >= 0.6 is 0 Å². The van der Waals surface area contributed by atoms with E-state index in [-0.39, 0.29) is 10.8 Å². The molecule has 0 saturated carbocycles. The van der Waals surface area contributed by atoms with Crippen molar-refractivity contribution in [2.75, 3.05) is 9.80 Å². The molecule has 5 heterocycles. The van der Waals surface area contributed by atoms with Crippen LogP contribution in [0.3, 0.4) is 0 Å². The summed E-state index contributed by atoms with van der Waals surface area (Å²) in [5.74, 6) is 0. The quantitative estimate of drug-likeness (QED) is 0.135. The minimum atomic E-state index is -0.498. The molecule has 0 amide bonds. The number of fused-ring (bicyclic) bond motifs is 15. The normalized spacial score (nSPS) is 12.8. The third-order valence-corrected chi connectivity index (χ3v) is 22.0. The lowest BCUT2D eigenvalue weighted by atomic mass is 9.33. The second-order valence-corrected chi connectivity index (χ2v) is 30.3. The highest BCUT2D eigenvalue weighted by molar-refractivity contribution is 7.03. The monoisotopic (exact) mass is 1330 g/mol. The van der Waals surface area contributed by atoms with Crippen molar-refractivity contribution < 1.29 is 8.83 Å². The molecule has 20 rings (SSSR count). The zero-order valence-electron chi connectivity index (χ0n) is 58.9. The van der Waals surface area contributed by atoms with Gasteiger partial charge in [-0.2, -0.15) is 0 Å². The molecule has 18 aromatic rings. The first-order valence-electron chi connectivity index (χ1n) is 36.3. The fraction of sp³-hybridized carbons (Fsp3) is 0.0816. The molecule has 2 aliphatic heterocycles. The number of rotatable bonds is 9. The number of nitrogens with zero attached hydrogens (tertiary/aromatic N) is 3. The van der Waals surface area contributed by atoms with Crippen LogP contribution in [0, 0.1) is 0 Å². The molecule has 0 saturated heterocycles. The predicted molar refractivity (Wildman–Crippen MR) is 439 cm³/mol. The summed E-state index contributed by atoms with van der Waals surface area (Å²) in [6, 6.07) is 122. The van der Waals surface area contributed by atoms with E-state index >= 15 is 0 Å². The lowest BCUT2D eigenvalue weighted by molar-refractivity contribution is 0.590. The van der Waals surface area contributed by atoms with Crippen LogP contribution in [0.4, 0.5) is 34.1 Å². The predicted octanol–water partition coefficient (Wildman–Crippen LogP) is 25.3. The van der Waals surface area contributed by atoms with E-state index in [0.29, 0.717) is 0 Å². The Labute approximate surface area is 605 Å². The molecule has 0 radical (unpaired) electrons. The van der Waals surface area contributed by atoms with Crippen molar-refractivity contribution in [2.24, 2.45) is 0 Å². The van der Waals surface area contributed by atoms with Crippen LogP contribution in [0.15, 0.2) is 336 Å². The Morgan fingerprint density at radius 2 is 0.577 bits per heavy atom. The fourth-order valence-electron chi connectivity index (χ4n) is 17.0. The number of furan rings is 2. The van der Waals surface area contributed by atoms with Crippen molar-refractivity contribution in [3.63, 3.8) is 0 Å². The summed E-state index contributed by atoms with van der Waals surface area (Å²) >= 11 is 0. The van der Waals surface area contributed by atoms with Crippen LogP contribution < -0.4 is 26.2 Å². The Kier molecular flexibility index (Phi) is 13.8. The Bertz CT molecular complexity index is 5970. The van der Waals surface area contributed by atoms with Gasteiger partial charge in [-0.05, 0) is 190 Å². The molecule has 0 atom stereocenters. The zero-order chi connectivity index (χ0) is 69.7. The van der Waals surface area contributed by atoms with Gasteiger partial charge in [-0.15, -0.1) is 0 Å². The van der Waals surface area contributed by atoms with Crippen LogP contribution in [-0.2, 0) is 10.8 Å². The van der Waals surface area contributed by atoms with E-state index in [1.807, 2.05) is 0 Å². The minimum absolute atomic E-state index is 0.0649. The average Bonchev–Trinajstić information content (AvgIpc) is 1.22. The third-order valence-electron chi connectivity index (χ3n) is 22.0. The summed E-state index contributed by atoms with van der Waals surface area (Å²) in [4.78, 5) is 5.22. The molecule has 0 bridgehead atoms. The Morgan fingerprint density at radius 3 is 0.933 bits per heavy atom. The Hall–Kier alpha value is -12.6. The lowest BCUT2D eigenvalue weighted by Crippen LogP contribution is -2.61. The lowest BCUT2D eigenvalue weighted by Gasteiger charge is -2.45. The van der Waals surface area contributed by atoms with E-state index in [9.17, 15) is 0 Å². The van der Waals surface area contributed by atoms with E-state index in [1.165, 1.54) is 21.9 Å². The highest BCUT2D eigenvalue weighted by Gasteiger charge is 2.49. The topological polar surface area (TPSA) is 37.7 Å². The van der Waals surface area contributed by atoms with Gasteiger partial charge in [0.1, 0.15) is 22.3 Å². The van der Waals surface area contributed by atoms with Crippen molar-refractivity contribution in [2.45, 2.75) is 52.4 Å². The summed E-state index contributed by atoms with van der Waals surface area (Å²) in [5, 5.41) is 6.63. The zero-order valence-corrected chi connectivity index (χ0v) is 58.9. The fourth-order valence-corrected chi connectivity index (χ4v) is 17.0. The van der Waals surface area contributed by atoms with Gasteiger partial charge < -0.3 is 23.2 Å². The molecular weight excluding hydrogens is 1260 g/mol. The van der Waals surface area contributed by atoms with Gasteiger partial charge in [-0.3, -0.25) is 0 Å². The van der Waals surface area contributed by atoms with Crippen LogP contribution in [0.1, 0.15) is 52.7 Å². The molecule has 0 aliphatic carbocycles. The number of hydrogen-bond donors (Lipinski definition) is 0. The van der Waals surface area contributed by atoms with Crippen LogP contribution in [0.5, 0.6) is 0 Å². The molecule has 0 unspecified atom stereocenters. The molecule has 0 N–H and O–H groups in total. The molecule has 0 spiro atoms. The average molecular weight is 1330 g/mol. The van der Waals surface area contributed by atoms with Crippen molar-refractivity contribution in [1.82, 2.24) is 4.57 Å². The summed E-state index contributed by atoms with van der Waals surface area (Å²) < 4.78 is 18.2. The van der Waals surface area contributed by atoms with Gasteiger partial charge in [-0.1, -0.05) is 284 Å². The molecule has 3 aromatic heterocycles. The molecule has 6 heteroatoms.